The number of rotatable bonds is 6. The van der Waals surface area contributed by atoms with E-state index in [1.54, 1.807) is 6.07 Å². The number of phenols is 2. The number of amides is 1. The molecule has 1 amide bonds. The molecule has 1 aliphatic carbocycles. The summed E-state index contributed by atoms with van der Waals surface area (Å²) in [6, 6.07) is 3.36. The number of nitrogens with two attached hydrogens (primary N) is 1. The summed E-state index contributed by atoms with van der Waals surface area (Å²) in [5.74, 6) is -1.85. The Hall–Kier alpha value is -2.28. The van der Waals surface area contributed by atoms with E-state index in [1.807, 2.05) is 0 Å². The molecule has 1 aromatic rings. The predicted octanol–water partition coefficient (Wildman–Crippen LogP) is -0.0514. The SMILES string of the molecule is N[C@@H](Cc1ccc(O)c(O)c1)C(=O)NCC1(C(=O)O)CC1. The highest BCUT2D eigenvalue weighted by atomic mass is 16.4. The van der Waals surface area contributed by atoms with Crippen LogP contribution in [0.1, 0.15) is 18.4 Å². The van der Waals surface area contributed by atoms with Gasteiger partial charge in [0.15, 0.2) is 11.5 Å². The lowest BCUT2D eigenvalue weighted by Gasteiger charge is -2.15. The number of hydrogen-bond acceptors (Lipinski definition) is 5. The van der Waals surface area contributed by atoms with E-state index < -0.39 is 23.3 Å². The summed E-state index contributed by atoms with van der Waals surface area (Å²) < 4.78 is 0. The number of carboxylic acids is 1. The Balaban J connectivity index is 1.87. The second kappa shape index (κ2) is 5.61. The summed E-state index contributed by atoms with van der Waals surface area (Å²) in [5.41, 5.74) is 5.54. The summed E-state index contributed by atoms with van der Waals surface area (Å²) in [5, 5.41) is 30.1. The van der Waals surface area contributed by atoms with Crippen molar-refractivity contribution in [1.29, 1.82) is 0 Å². The van der Waals surface area contributed by atoms with E-state index in [0.717, 1.165) is 0 Å². The third-order valence-corrected chi connectivity index (χ3v) is 3.74. The number of carbonyl (C=O) groups excluding carboxylic acids is 1. The number of carbonyl (C=O) groups is 2. The average Bonchev–Trinajstić information content (AvgIpc) is 3.21. The van der Waals surface area contributed by atoms with Crippen LogP contribution < -0.4 is 11.1 Å². The van der Waals surface area contributed by atoms with Crippen molar-refractivity contribution in [2.24, 2.45) is 11.1 Å². The molecule has 0 saturated heterocycles. The van der Waals surface area contributed by atoms with Gasteiger partial charge < -0.3 is 26.4 Å². The molecular weight excluding hydrogens is 276 g/mol. The Morgan fingerprint density at radius 1 is 1.29 bits per heavy atom. The lowest BCUT2D eigenvalue weighted by Crippen LogP contribution is -2.45. The first kappa shape index (κ1) is 15.1. The Morgan fingerprint density at radius 3 is 2.48 bits per heavy atom. The second-order valence-corrected chi connectivity index (χ2v) is 5.44. The molecule has 2 rings (SSSR count). The number of phenolic OH excluding ortho intramolecular Hbond substituents is 2. The largest absolute Gasteiger partial charge is 0.504 e. The third kappa shape index (κ3) is 3.43. The van der Waals surface area contributed by atoms with Gasteiger partial charge in [-0.05, 0) is 37.0 Å². The summed E-state index contributed by atoms with van der Waals surface area (Å²) in [4.78, 5) is 22.8. The smallest absolute Gasteiger partial charge is 0.311 e. The molecular formula is C14H18N2O5. The van der Waals surface area contributed by atoms with Crippen molar-refractivity contribution in [2.45, 2.75) is 25.3 Å². The van der Waals surface area contributed by atoms with Gasteiger partial charge in [-0.2, -0.15) is 0 Å². The molecule has 21 heavy (non-hydrogen) atoms. The zero-order valence-electron chi connectivity index (χ0n) is 11.4. The van der Waals surface area contributed by atoms with Crippen LogP contribution in [0, 0.1) is 5.41 Å². The first-order valence-electron chi connectivity index (χ1n) is 6.62. The van der Waals surface area contributed by atoms with E-state index in [2.05, 4.69) is 5.32 Å². The fourth-order valence-electron chi connectivity index (χ4n) is 2.05. The van der Waals surface area contributed by atoms with Crippen molar-refractivity contribution in [2.75, 3.05) is 6.54 Å². The molecule has 1 aromatic carbocycles. The van der Waals surface area contributed by atoms with Crippen LogP contribution in [0.5, 0.6) is 11.5 Å². The zero-order valence-corrected chi connectivity index (χ0v) is 11.4. The maximum absolute atomic E-state index is 11.9. The standard InChI is InChI=1S/C14H18N2O5/c15-9(5-8-1-2-10(17)11(18)6-8)12(19)16-7-14(3-4-14)13(20)21/h1-2,6,9,17-18H,3-5,7,15H2,(H,16,19)(H,20,21)/t9-/m0/s1. The Kier molecular flexibility index (Phi) is 4.04. The van der Waals surface area contributed by atoms with E-state index in [9.17, 15) is 19.8 Å². The van der Waals surface area contributed by atoms with Crippen molar-refractivity contribution in [3.63, 3.8) is 0 Å². The van der Waals surface area contributed by atoms with Crippen molar-refractivity contribution in [1.82, 2.24) is 5.32 Å². The van der Waals surface area contributed by atoms with E-state index in [1.165, 1.54) is 12.1 Å². The number of aliphatic carboxylic acids is 1. The number of carboxylic acid groups (broad SMARTS) is 1. The maximum atomic E-state index is 11.9. The van der Waals surface area contributed by atoms with Crippen LogP contribution in [0.15, 0.2) is 18.2 Å². The Morgan fingerprint density at radius 2 is 1.95 bits per heavy atom. The lowest BCUT2D eigenvalue weighted by molar-refractivity contribution is -0.143. The molecule has 6 N–H and O–H groups in total. The van der Waals surface area contributed by atoms with E-state index in [0.29, 0.717) is 18.4 Å². The van der Waals surface area contributed by atoms with Gasteiger partial charge in [0.1, 0.15) is 0 Å². The fourth-order valence-corrected chi connectivity index (χ4v) is 2.05. The van der Waals surface area contributed by atoms with Crippen molar-refractivity contribution in [3.8, 4) is 11.5 Å². The van der Waals surface area contributed by atoms with Gasteiger partial charge in [0.25, 0.3) is 0 Å². The summed E-state index contributed by atoms with van der Waals surface area (Å²) >= 11 is 0. The lowest BCUT2D eigenvalue weighted by atomic mass is 10.0. The Bertz CT molecular complexity index is 568. The number of aromatic hydroxyl groups is 2. The molecule has 1 fully saturated rings. The topological polar surface area (TPSA) is 133 Å². The number of benzene rings is 1. The second-order valence-electron chi connectivity index (χ2n) is 5.44. The van der Waals surface area contributed by atoms with Gasteiger partial charge in [0, 0.05) is 6.54 Å². The fraction of sp³-hybridized carbons (Fsp3) is 0.429. The van der Waals surface area contributed by atoms with Crippen LogP contribution in [0.2, 0.25) is 0 Å². The van der Waals surface area contributed by atoms with Gasteiger partial charge in [-0.25, -0.2) is 0 Å². The van der Waals surface area contributed by atoms with E-state index in [-0.39, 0.29) is 24.5 Å². The highest BCUT2D eigenvalue weighted by Crippen LogP contribution is 2.45. The highest BCUT2D eigenvalue weighted by molar-refractivity contribution is 5.84. The predicted molar refractivity (Wildman–Crippen MR) is 73.8 cm³/mol. The summed E-state index contributed by atoms with van der Waals surface area (Å²) in [7, 11) is 0. The number of hydrogen-bond donors (Lipinski definition) is 5. The normalized spacial score (nSPS) is 17.0. The van der Waals surface area contributed by atoms with Gasteiger partial charge in [-0.15, -0.1) is 0 Å². The minimum Gasteiger partial charge on any atom is -0.504 e. The van der Waals surface area contributed by atoms with Crippen molar-refractivity contribution < 1.29 is 24.9 Å². The van der Waals surface area contributed by atoms with E-state index >= 15 is 0 Å². The molecule has 114 valence electrons. The van der Waals surface area contributed by atoms with Gasteiger partial charge in [-0.1, -0.05) is 6.07 Å². The molecule has 0 radical (unpaired) electrons. The quantitative estimate of drug-likeness (QED) is 0.467. The third-order valence-electron chi connectivity index (χ3n) is 3.74. The molecule has 7 heteroatoms. The molecule has 0 unspecified atom stereocenters. The molecule has 0 bridgehead atoms. The van der Waals surface area contributed by atoms with Crippen LogP contribution in [-0.4, -0.2) is 39.8 Å². The van der Waals surface area contributed by atoms with Crippen LogP contribution in [0.3, 0.4) is 0 Å². The zero-order chi connectivity index (χ0) is 15.6. The molecule has 1 atom stereocenters. The first-order valence-corrected chi connectivity index (χ1v) is 6.62. The Labute approximate surface area is 121 Å². The minimum absolute atomic E-state index is 0.0791. The molecule has 0 heterocycles. The van der Waals surface area contributed by atoms with Crippen molar-refractivity contribution >= 4 is 11.9 Å². The monoisotopic (exact) mass is 294 g/mol. The van der Waals surface area contributed by atoms with Crippen LogP contribution in [0.25, 0.3) is 0 Å². The summed E-state index contributed by atoms with van der Waals surface area (Å²) in [6.45, 7) is 0.0791. The molecule has 1 saturated carbocycles. The average molecular weight is 294 g/mol. The van der Waals surface area contributed by atoms with Gasteiger partial charge >= 0.3 is 5.97 Å². The molecule has 1 aliphatic rings. The highest BCUT2D eigenvalue weighted by Gasteiger charge is 2.50. The molecule has 0 aromatic heterocycles. The summed E-state index contributed by atoms with van der Waals surface area (Å²) in [6.07, 6.45) is 1.30. The van der Waals surface area contributed by atoms with Crippen LogP contribution in [-0.2, 0) is 16.0 Å². The van der Waals surface area contributed by atoms with Gasteiger partial charge in [-0.3, -0.25) is 9.59 Å². The van der Waals surface area contributed by atoms with Crippen LogP contribution >= 0.6 is 0 Å². The maximum Gasteiger partial charge on any atom is 0.311 e. The van der Waals surface area contributed by atoms with Crippen molar-refractivity contribution in [3.05, 3.63) is 23.8 Å². The molecule has 0 aliphatic heterocycles. The first-order chi connectivity index (χ1) is 9.84. The van der Waals surface area contributed by atoms with E-state index in [4.69, 9.17) is 10.8 Å². The minimum atomic E-state index is -0.903. The van der Waals surface area contributed by atoms with Crippen LogP contribution in [0.4, 0.5) is 0 Å². The molecule has 0 spiro atoms. The van der Waals surface area contributed by atoms with Gasteiger partial charge in [0.05, 0.1) is 11.5 Å². The molecule has 7 nitrogen and oxygen atoms in total. The number of nitrogens with one attached hydrogen (secondary N) is 1. The van der Waals surface area contributed by atoms with Gasteiger partial charge in [0.2, 0.25) is 5.91 Å².